The number of para-hydroxylation sites is 1. The normalized spacial score (nSPS) is 19.2. The summed E-state index contributed by atoms with van der Waals surface area (Å²) in [4.78, 5) is 8.49. The fourth-order valence-electron chi connectivity index (χ4n) is 3.99. The third-order valence-corrected chi connectivity index (χ3v) is 10.9. The minimum Gasteiger partial charge on any atom is -0.374 e. The van der Waals surface area contributed by atoms with Gasteiger partial charge in [-0.05, 0) is 23.1 Å². The van der Waals surface area contributed by atoms with Crippen molar-refractivity contribution in [2.75, 3.05) is 41.3 Å². The van der Waals surface area contributed by atoms with Crippen LogP contribution in [0.4, 0.5) is 11.4 Å². The maximum absolute atomic E-state index is 13.0. The molecular formula is C21H24N4O2S4. The van der Waals surface area contributed by atoms with E-state index in [0.29, 0.717) is 9.90 Å². The second-order valence-corrected chi connectivity index (χ2v) is 13.2. The quantitative estimate of drug-likeness (QED) is 0.554. The summed E-state index contributed by atoms with van der Waals surface area (Å²) in [7, 11) is -1.95. The van der Waals surface area contributed by atoms with Crippen LogP contribution in [-0.2, 0) is 23.0 Å². The zero-order chi connectivity index (χ0) is 21.4. The topological polar surface area (TPSA) is 65.5 Å². The molecule has 0 spiro atoms. The minimum absolute atomic E-state index is 0.0738. The van der Waals surface area contributed by atoms with Crippen LogP contribution >= 0.6 is 34.4 Å². The van der Waals surface area contributed by atoms with Gasteiger partial charge in [-0.1, -0.05) is 18.2 Å². The molecule has 3 aromatic rings. The lowest BCUT2D eigenvalue weighted by Gasteiger charge is -2.25. The van der Waals surface area contributed by atoms with Crippen LogP contribution < -0.4 is 9.62 Å². The molecule has 4 heterocycles. The van der Waals surface area contributed by atoms with Crippen molar-refractivity contribution in [2.24, 2.45) is 0 Å². The van der Waals surface area contributed by atoms with E-state index in [1.807, 2.05) is 30.1 Å². The van der Waals surface area contributed by atoms with E-state index in [9.17, 15) is 8.42 Å². The highest BCUT2D eigenvalue weighted by Gasteiger charge is 2.31. The van der Waals surface area contributed by atoms with Crippen LogP contribution in [0.2, 0.25) is 0 Å². The van der Waals surface area contributed by atoms with Crippen LogP contribution in [-0.4, -0.2) is 49.9 Å². The number of nitrogens with one attached hydrogen (secondary N) is 1. The molecule has 0 amide bonds. The number of hydrogen-bond acceptors (Lipinski definition) is 8. The maximum Gasteiger partial charge on any atom is 0.273 e. The fraction of sp³-hybridized carbons (Fsp3) is 0.381. The number of hydrogen-bond donors (Lipinski definition) is 1. The Kier molecular flexibility index (Phi) is 6.00. The number of fused-ring (bicyclic) bond motifs is 1. The first kappa shape index (κ1) is 21.3. The first-order chi connectivity index (χ1) is 15.0. The average Bonchev–Trinajstić information content (AvgIpc) is 3.53. The summed E-state index contributed by atoms with van der Waals surface area (Å²) in [6.45, 7) is 3.24. The zero-order valence-electron chi connectivity index (χ0n) is 17.2. The van der Waals surface area contributed by atoms with E-state index in [4.69, 9.17) is 4.98 Å². The third kappa shape index (κ3) is 4.23. The Morgan fingerprint density at radius 3 is 2.84 bits per heavy atom. The molecule has 1 saturated heterocycles. The summed E-state index contributed by atoms with van der Waals surface area (Å²) in [5.74, 6) is 2.41. The van der Waals surface area contributed by atoms with Gasteiger partial charge in [-0.15, -0.1) is 22.7 Å². The van der Waals surface area contributed by atoms with Crippen LogP contribution in [0.5, 0.6) is 0 Å². The summed E-state index contributed by atoms with van der Waals surface area (Å²) in [5, 5.41) is 6.41. The monoisotopic (exact) mass is 492 g/mol. The Morgan fingerprint density at radius 2 is 2.06 bits per heavy atom. The lowest BCUT2D eigenvalue weighted by Crippen LogP contribution is -2.31. The molecule has 5 rings (SSSR count). The van der Waals surface area contributed by atoms with Crippen molar-refractivity contribution in [1.82, 2.24) is 9.88 Å². The molecule has 1 fully saturated rings. The van der Waals surface area contributed by atoms with Crippen LogP contribution in [0, 0.1) is 0 Å². The van der Waals surface area contributed by atoms with Crippen LogP contribution in [0.25, 0.3) is 0 Å². The van der Waals surface area contributed by atoms with Crippen molar-refractivity contribution >= 4 is 55.8 Å². The summed E-state index contributed by atoms with van der Waals surface area (Å²) >= 11 is 5.02. The number of benzene rings is 1. The molecule has 1 unspecified atom stereocenters. The molecule has 0 radical (unpaired) electrons. The molecule has 31 heavy (non-hydrogen) atoms. The van der Waals surface area contributed by atoms with Crippen LogP contribution in [0.3, 0.4) is 0 Å². The summed E-state index contributed by atoms with van der Waals surface area (Å²) in [5.41, 5.74) is 2.69. The number of sulfonamides is 1. The number of thiazole rings is 1. The van der Waals surface area contributed by atoms with E-state index < -0.39 is 10.0 Å². The van der Waals surface area contributed by atoms with Gasteiger partial charge in [-0.25, -0.2) is 13.4 Å². The predicted molar refractivity (Wildman–Crippen MR) is 131 cm³/mol. The number of thiophene rings is 1. The lowest BCUT2D eigenvalue weighted by molar-refractivity contribution is 0.297. The molecule has 2 aliphatic rings. The Hall–Kier alpha value is -1.59. The van der Waals surface area contributed by atoms with Crippen molar-refractivity contribution < 1.29 is 8.42 Å². The summed E-state index contributed by atoms with van der Waals surface area (Å²) in [6.07, 6.45) is 2.81. The van der Waals surface area contributed by atoms with E-state index in [0.717, 1.165) is 42.3 Å². The largest absolute Gasteiger partial charge is 0.374 e. The van der Waals surface area contributed by atoms with Gasteiger partial charge in [0.15, 0.2) is 0 Å². The summed E-state index contributed by atoms with van der Waals surface area (Å²) in [6, 6.07) is 9.34. The molecule has 0 bridgehead atoms. The van der Waals surface area contributed by atoms with E-state index in [1.54, 1.807) is 35.9 Å². The van der Waals surface area contributed by atoms with Crippen molar-refractivity contribution in [3.8, 4) is 0 Å². The SMILES string of the molecule is CN(c1cccc2c1NC(c1ncc(CN3CCSCC3)s1)C2)S(=O)(=O)c1cccs1. The number of rotatable bonds is 6. The van der Waals surface area contributed by atoms with Gasteiger partial charge in [0.1, 0.15) is 9.22 Å². The van der Waals surface area contributed by atoms with Crippen molar-refractivity contribution in [2.45, 2.75) is 23.2 Å². The molecule has 10 heteroatoms. The van der Waals surface area contributed by atoms with Gasteiger partial charge in [0, 0.05) is 55.7 Å². The molecule has 1 aromatic carbocycles. The first-order valence-electron chi connectivity index (χ1n) is 10.2. The Balaban J connectivity index is 1.35. The van der Waals surface area contributed by atoms with E-state index in [2.05, 4.69) is 16.3 Å². The fourth-order valence-corrected chi connectivity index (χ4v) is 8.35. The smallest absolute Gasteiger partial charge is 0.273 e. The van der Waals surface area contributed by atoms with Gasteiger partial charge < -0.3 is 5.32 Å². The number of thioether (sulfide) groups is 1. The number of anilines is 2. The lowest BCUT2D eigenvalue weighted by atomic mass is 10.1. The van der Waals surface area contributed by atoms with Gasteiger partial charge in [0.25, 0.3) is 10.0 Å². The van der Waals surface area contributed by atoms with Gasteiger partial charge in [0.05, 0.1) is 17.4 Å². The molecule has 1 atom stereocenters. The molecule has 164 valence electrons. The van der Waals surface area contributed by atoms with Crippen LogP contribution in [0.1, 0.15) is 21.5 Å². The molecule has 6 nitrogen and oxygen atoms in total. The van der Waals surface area contributed by atoms with Gasteiger partial charge >= 0.3 is 0 Å². The average molecular weight is 493 g/mol. The van der Waals surface area contributed by atoms with Crippen LogP contribution in [0.15, 0.2) is 46.1 Å². The van der Waals surface area contributed by atoms with Gasteiger partial charge in [-0.3, -0.25) is 9.21 Å². The van der Waals surface area contributed by atoms with E-state index >= 15 is 0 Å². The molecule has 0 aliphatic carbocycles. The highest BCUT2D eigenvalue weighted by atomic mass is 32.2. The minimum atomic E-state index is -3.57. The van der Waals surface area contributed by atoms with Crippen molar-refractivity contribution in [3.63, 3.8) is 0 Å². The summed E-state index contributed by atoms with van der Waals surface area (Å²) < 4.78 is 27.8. The number of aromatic nitrogens is 1. The van der Waals surface area contributed by atoms with Crippen molar-refractivity contribution in [3.05, 3.63) is 57.4 Å². The zero-order valence-corrected chi connectivity index (χ0v) is 20.4. The molecular weight excluding hydrogens is 469 g/mol. The third-order valence-electron chi connectivity index (χ3n) is 5.67. The number of nitrogens with zero attached hydrogens (tertiary/aromatic N) is 3. The second-order valence-electron chi connectivity index (χ2n) is 7.67. The maximum atomic E-state index is 13.0. The predicted octanol–water partition coefficient (Wildman–Crippen LogP) is 4.29. The molecule has 1 N–H and O–H groups in total. The second kappa shape index (κ2) is 8.74. The molecule has 2 aliphatic heterocycles. The van der Waals surface area contributed by atoms with E-state index in [-0.39, 0.29) is 6.04 Å². The highest BCUT2D eigenvalue weighted by Crippen LogP contribution is 2.42. The van der Waals surface area contributed by atoms with Gasteiger partial charge in [0.2, 0.25) is 0 Å². The first-order valence-corrected chi connectivity index (χ1v) is 14.5. The Bertz CT molecular complexity index is 1150. The standard InChI is InChI=1S/C21H24N4O2S4/c1-24(31(26,27)19-6-3-9-29-19)18-5-2-4-15-12-17(23-20(15)18)21-22-13-16(30-21)14-25-7-10-28-11-8-25/h2-6,9,13,17,23H,7-8,10-12,14H2,1H3. The molecule has 0 saturated carbocycles. The highest BCUT2D eigenvalue weighted by molar-refractivity contribution is 7.99. The van der Waals surface area contributed by atoms with Crippen molar-refractivity contribution in [1.29, 1.82) is 0 Å². The molecule has 2 aromatic heterocycles. The van der Waals surface area contributed by atoms with E-state index in [1.165, 1.54) is 32.0 Å². The Morgan fingerprint density at radius 1 is 1.23 bits per heavy atom. The Labute approximate surface area is 195 Å². The van der Waals surface area contributed by atoms with Gasteiger partial charge in [-0.2, -0.15) is 11.8 Å².